The molecule has 0 unspecified atom stereocenters. The molecule has 152 valence electrons. The van der Waals surface area contributed by atoms with Crippen molar-refractivity contribution in [2.75, 3.05) is 6.61 Å². The number of ether oxygens (including phenoxy) is 1. The molecule has 0 radical (unpaired) electrons. The molecule has 0 saturated carbocycles. The van der Waals surface area contributed by atoms with Gasteiger partial charge < -0.3 is 10.1 Å². The predicted octanol–water partition coefficient (Wildman–Crippen LogP) is 3.79. The lowest BCUT2D eigenvalue weighted by Crippen LogP contribution is -2.51. The van der Waals surface area contributed by atoms with Crippen LogP contribution in [0.2, 0.25) is 0 Å². The van der Waals surface area contributed by atoms with Crippen LogP contribution >= 0.6 is 12.2 Å². The van der Waals surface area contributed by atoms with Crippen LogP contribution in [0.3, 0.4) is 0 Å². The van der Waals surface area contributed by atoms with E-state index in [4.69, 9.17) is 17.0 Å². The number of hydrogen-bond donors (Lipinski definition) is 2. The van der Waals surface area contributed by atoms with E-state index in [1.165, 1.54) is 0 Å². The number of esters is 1. The molecule has 1 aliphatic carbocycles. The highest BCUT2D eigenvalue weighted by Crippen LogP contribution is 2.46. The fourth-order valence-corrected chi connectivity index (χ4v) is 4.24. The van der Waals surface area contributed by atoms with Gasteiger partial charge >= 0.3 is 5.97 Å². The highest BCUT2D eigenvalue weighted by atomic mass is 32.1. The second-order valence-corrected chi connectivity index (χ2v) is 8.27. The summed E-state index contributed by atoms with van der Waals surface area (Å²) in [4.78, 5) is 25.3. The smallest absolute Gasteiger partial charge is 0.311 e. The van der Waals surface area contributed by atoms with Gasteiger partial charge in [-0.25, -0.2) is 0 Å². The van der Waals surface area contributed by atoms with Crippen LogP contribution in [0.25, 0.3) is 0 Å². The Morgan fingerprint density at radius 2 is 1.76 bits per heavy atom. The molecule has 2 atom stereocenters. The molecule has 6 heteroatoms. The van der Waals surface area contributed by atoms with Gasteiger partial charge in [-0.15, -0.1) is 0 Å². The highest BCUT2D eigenvalue weighted by Gasteiger charge is 2.47. The normalized spacial score (nSPS) is 19.6. The first-order valence-corrected chi connectivity index (χ1v) is 10.2. The van der Waals surface area contributed by atoms with Crippen LogP contribution in [-0.2, 0) is 16.0 Å². The molecule has 5 nitrogen and oxygen atoms in total. The minimum Gasteiger partial charge on any atom is -0.466 e. The van der Waals surface area contributed by atoms with Crippen LogP contribution in [0.4, 0.5) is 0 Å². The highest BCUT2D eigenvalue weighted by molar-refractivity contribution is 7.80. The Kier molecular flexibility index (Phi) is 6.33. The van der Waals surface area contributed by atoms with Gasteiger partial charge in [-0.1, -0.05) is 56.3 Å². The number of carbonyl (C=O) groups is 2. The molecule has 2 aromatic carbocycles. The van der Waals surface area contributed by atoms with Crippen LogP contribution in [0.5, 0.6) is 0 Å². The van der Waals surface area contributed by atoms with Crippen molar-refractivity contribution in [2.24, 2.45) is 11.3 Å². The van der Waals surface area contributed by atoms with Crippen molar-refractivity contribution in [1.29, 1.82) is 0 Å². The number of benzene rings is 2. The summed E-state index contributed by atoms with van der Waals surface area (Å²) in [5.74, 6) is -0.996. The van der Waals surface area contributed by atoms with Crippen LogP contribution in [-0.4, -0.2) is 23.6 Å². The van der Waals surface area contributed by atoms with Gasteiger partial charge in [-0.05, 0) is 54.2 Å². The largest absolute Gasteiger partial charge is 0.466 e. The van der Waals surface area contributed by atoms with Crippen molar-refractivity contribution >= 4 is 29.2 Å². The molecule has 0 bridgehead atoms. The van der Waals surface area contributed by atoms with Crippen molar-refractivity contribution in [3.05, 3.63) is 71.3 Å². The summed E-state index contributed by atoms with van der Waals surface area (Å²) in [6.45, 7) is 6.24. The third-order valence-electron chi connectivity index (χ3n) is 5.30. The maximum Gasteiger partial charge on any atom is 0.311 e. The number of rotatable bonds is 4. The third kappa shape index (κ3) is 4.65. The molecule has 29 heavy (non-hydrogen) atoms. The summed E-state index contributed by atoms with van der Waals surface area (Å²) in [5.41, 5.74) is 2.34. The number of carbonyl (C=O) groups excluding carboxylic acids is 2. The molecule has 3 rings (SSSR count). The molecular weight excluding hydrogens is 384 g/mol. The summed E-state index contributed by atoms with van der Waals surface area (Å²) < 4.78 is 5.38. The molecule has 0 spiro atoms. The Balaban J connectivity index is 1.87. The number of fused-ring (bicyclic) bond motifs is 1. The van der Waals surface area contributed by atoms with Crippen molar-refractivity contribution in [3.63, 3.8) is 0 Å². The van der Waals surface area contributed by atoms with E-state index < -0.39 is 12.0 Å². The minimum absolute atomic E-state index is 0.186. The molecule has 2 N–H and O–H groups in total. The van der Waals surface area contributed by atoms with E-state index in [1.807, 2.05) is 24.3 Å². The molecular formula is C23H26N2O3S. The van der Waals surface area contributed by atoms with Crippen molar-refractivity contribution in [2.45, 2.75) is 33.2 Å². The van der Waals surface area contributed by atoms with Gasteiger partial charge in [0.15, 0.2) is 5.11 Å². The minimum atomic E-state index is -0.441. The molecule has 0 aliphatic heterocycles. The summed E-state index contributed by atoms with van der Waals surface area (Å²) in [7, 11) is 0. The maximum atomic E-state index is 12.9. The Bertz CT molecular complexity index is 911. The molecule has 1 aliphatic rings. The summed E-state index contributed by atoms with van der Waals surface area (Å²) >= 11 is 5.42. The van der Waals surface area contributed by atoms with Crippen molar-refractivity contribution in [1.82, 2.24) is 10.6 Å². The SMILES string of the molecule is CCOC(=O)[C@H]1[C@@H](NC(=S)NC(=O)c2ccccc2)c2ccccc2CC1(C)C. The quantitative estimate of drug-likeness (QED) is 0.593. The van der Waals surface area contributed by atoms with Crippen LogP contribution < -0.4 is 10.6 Å². The van der Waals surface area contributed by atoms with E-state index >= 15 is 0 Å². The Labute approximate surface area is 176 Å². The van der Waals surface area contributed by atoms with E-state index in [0.717, 1.165) is 17.5 Å². The van der Waals surface area contributed by atoms with Gasteiger partial charge in [-0.3, -0.25) is 14.9 Å². The monoisotopic (exact) mass is 410 g/mol. The molecule has 0 heterocycles. The molecule has 2 aromatic rings. The predicted molar refractivity (Wildman–Crippen MR) is 116 cm³/mol. The number of amides is 1. The second kappa shape index (κ2) is 8.74. The van der Waals surface area contributed by atoms with Crippen LogP contribution in [0, 0.1) is 11.3 Å². The van der Waals surface area contributed by atoms with Gasteiger partial charge in [0.2, 0.25) is 0 Å². The van der Waals surface area contributed by atoms with E-state index in [1.54, 1.807) is 31.2 Å². The second-order valence-electron chi connectivity index (χ2n) is 7.87. The zero-order valence-corrected chi connectivity index (χ0v) is 17.7. The number of thiocarbonyl (C=S) groups is 1. The maximum absolute atomic E-state index is 12.9. The zero-order valence-electron chi connectivity index (χ0n) is 16.9. The van der Waals surface area contributed by atoms with E-state index in [2.05, 4.69) is 30.5 Å². The summed E-state index contributed by atoms with van der Waals surface area (Å²) in [6, 6.07) is 16.5. The molecule has 0 fully saturated rings. The fourth-order valence-electron chi connectivity index (χ4n) is 4.02. The zero-order chi connectivity index (χ0) is 21.0. The van der Waals surface area contributed by atoms with E-state index in [9.17, 15) is 9.59 Å². The summed E-state index contributed by atoms with van der Waals surface area (Å²) in [5, 5.41) is 6.13. The Morgan fingerprint density at radius 3 is 2.45 bits per heavy atom. The van der Waals surface area contributed by atoms with Gasteiger partial charge in [-0.2, -0.15) is 0 Å². The third-order valence-corrected chi connectivity index (χ3v) is 5.52. The topological polar surface area (TPSA) is 67.4 Å². The average molecular weight is 411 g/mol. The first-order valence-electron chi connectivity index (χ1n) is 9.75. The van der Waals surface area contributed by atoms with E-state index in [-0.39, 0.29) is 22.4 Å². The van der Waals surface area contributed by atoms with Gasteiger partial charge in [0.1, 0.15) is 0 Å². The number of hydrogen-bond acceptors (Lipinski definition) is 4. The van der Waals surface area contributed by atoms with E-state index in [0.29, 0.717) is 12.2 Å². The van der Waals surface area contributed by atoms with Crippen LogP contribution in [0.1, 0.15) is 48.3 Å². The van der Waals surface area contributed by atoms with Crippen molar-refractivity contribution in [3.8, 4) is 0 Å². The lowest BCUT2D eigenvalue weighted by Gasteiger charge is -2.43. The molecule has 0 saturated heterocycles. The standard InChI is InChI=1S/C23H26N2O3S/c1-4-28-21(27)18-19(17-13-9-8-12-16(17)14-23(18,2)3)24-22(29)25-20(26)15-10-6-5-7-11-15/h5-13,18-19H,4,14H2,1-3H3,(H2,24,25,26,29)/t18-,19+/m1/s1. The van der Waals surface area contributed by atoms with Gasteiger partial charge in [0, 0.05) is 5.56 Å². The molecule has 1 amide bonds. The van der Waals surface area contributed by atoms with Gasteiger partial charge in [0.05, 0.1) is 18.6 Å². The Morgan fingerprint density at radius 1 is 1.10 bits per heavy atom. The van der Waals surface area contributed by atoms with Gasteiger partial charge in [0.25, 0.3) is 5.91 Å². The van der Waals surface area contributed by atoms with Crippen LogP contribution in [0.15, 0.2) is 54.6 Å². The average Bonchev–Trinajstić information content (AvgIpc) is 2.68. The first-order chi connectivity index (χ1) is 13.8. The Hall–Kier alpha value is -2.73. The number of nitrogens with one attached hydrogen (secondary N) is 2. The molecule has 0 aromatic heterocycles. The lowest BCUT2D eigenvalue weighted by atomic mass is 9.64. The van der Waals surface area contributed by atoms with Crippen molar-refractivity contribution < 1.29 is 14.3 Å². The fraction of sp³-hybridized carbons (Fsp3) is 0.348. The lowest BCUT2D eigenvalue weighted by molar-refractivity contribution is -0.154. The summed E-state index contributed by atoms with van der Waals surface area (Å²) in [6.07, 6.45) is 0.758. The first kappa shape index (κ1) is 21.0.